The summed E-state index contributed by atoms with van der Waals surface area (Å²) in [4.78, 5) is 69.2. The van der Waals surface area contributed by atoms with Crippen LogP contribution in [0, 0.1) is 50.7 Å². The molecular weight excluding hydrogens is 1890 g/mol. The third-order valence-electron chi connectivity index (χ3n) is 36.1. The number of carbonyl (C=O) groups is 5. The van der Waals surface area contributed by atoms with Crippen molar-refractivity contribution in [1.29, 1.82) is 0 Å². The zero-order valence-corrected chi connectivity index (χ0v) is 90.7. The topological polar surface area (TPSA) is 341 Å². The van der Waals surface area contributed by atoms with Gasteiger partial charge in [-0.15, -0.1) is 0 Å². The van der Waals surface area contributed by atoms with Gasteiger partial charge in [0.1, 0.15) is 24.4 Å². The Hall–Kier alpha value is -11.3. The number of aliphatic hydroxyl groups excluding tert-OH is 4. The van der Waals surface area contributed by atoms with Crippen molar-refractivity contribution in [2.45, 2.75) is 269 Å². The highest BCUT2D eigenvalue weighted by Gasteiger charge is 2.57. The number of hydrogen-bond donors (Lipinski definition) is 5. The van der Waals surface area contributed by atoms with Crippen molar-refractivity contribution >= 4 is 30.5 Å². The lowest BCUT2D eigenvalue weighted by Gasteiger charge is -2.41. The maximum absolute atomic E-state index is 12.2. The Bertz CT molecular complexity index is 5410. The molecule has 7 aromatic carbocycles. The number of rotatable bonds is 25. The minimum Gasteiger partial charge on any atom is -0.493 e. The first-order valence-corrected chi connectivity index (χ1v) is 53.1. The Labute approximate surface area is 874 Å². The van der Waals surface area contributed by atoms with Crippen LogP contribution >= 0.6 is 0 Å². The standard InChI is InChI=1S/2C25H31NO5.2C23H33NO5.C22H33NO5/c2*1-16(27)25(2)15-26(24(28)30-4)14-21(25)19-9-10-22(29-3)23(13-19)31-20-11-17-7-5-6-8-18(17)12-20;2*1-14(25)23(2)13-24(22(26)28-4)12-18(23)16-7-8-19(27-3)21(11-16)29-20-10-15-5-6-17(20)9-15;1-21(2,25)22(3)14-23(20(24)27-5)13-17(22)15-10-11-18(26-4)19(12-15)28-16-8-6-7-9-16/h2*5-10,13,16,20-21,27H,11-12,14-15H2,1-4H3;2*7-8,11,14-15,17-18,20,25H,5-6,9-10,12-13H2,1-4H3;10-12,16-17,25H,6-9,13-14H2,1-5H3/t16-,21+,25+;16-,21-,25-;14-,15?,17?,18+,20?,23+;14-,15?,17?,18-,20?,23-;17-,22+/m10100/s1. The summed E-state index contributed by atoms with van der Waals surface area (Å²) in [6, 6.07) is 46.7. The van der Waals surface area contributed by atoms with Gasteiger partial charge in [0.15, 0.2) is 57.5 Å². The van der Waals surface area contributed by atoms with Crippen molar-refractivity contribution in [3.8, 4) is 57.5 Å². The maximum Gasteiger partial charge on any atom is 0.409 e. The molecule has 30 heteroatoms. The average molecular weight is 2050 g/mol. The number of fused-ring (bicyclic) bond motifs is 6. The smallest absolute Gasteiger partial charge is 0.409 e. The normalized spacial score (nSPS) is 28.4. The van der Waals surface area contributed by atoms with E-state index >= 15 is 0 Å². The minimum atomic E-state index is -0.979. The molecule has 6 unspecified atom stereocenters. The van der Waals surface area contributed by atoms with Crippen LogP contribution in [0.5, 0.6) is 57.5 Å². The van der Waals surface area contributed by atoms with Gasteiger partial charge in [-0.25, -0.2) is 24.0 Å². The Morgan fingerprint density at radius 3 is 0.784 bits per heavy atom. The van der Waals surface area contributed by atoms with E-state index < -0.39 is 57.1 Å². The van der Waals surface area contributed by atoms with E-state index in [2.05, 4.69) is 60.7 Å². The molecule has 5 heterocycles. The zero-order chi connectivity index (χ0) is 106. The van der Waals surface area contributed by atoms with E-state index in [0.29, 0.717) is 106 Å². The number of amides is 5. The number of ether oxygens (including phenoxy) is 15. The molecule has 5 saturated heterocycles. The molecule has 148 heavy (non-hydrogen) atoms. The van der Waals surface area contributed by atoms with Crippen LogP contribution in [-0.2, 0) is 49.4 Å². The molecule has 5 amide bonds. The lowest BCUT2D eigenvalue weighted by Crippen LogP contribution is -2.46. The minimum absolute atomic E-state index is 0.0186. The van der Waals surface area contributed by atoms with E-state index in [1.165, 1.54) is 109 Å². The zero-order valence-electron chi connectivity index (χ0n) is 90.7. The highest BCUT2D eigenvalue weighted by molar-refractivity contribution is 5.71. The molecule has 20 atom stereocenters. The summed E-state index contributed by atoms with van der Waals surface area (Å²) in [6.07, 6.45) is 14.7. The highest BCUT2D eigenvalue weighted by atomic mass is 16.6. The Balaban J connectivity index is 0.000000139. The average Bonchev–Trinajstić information content (AvgIpc) is 1.61. The predicted molar refractivity (Wildman–Crippen MR) is 561 cm³/mol. The Kier molecular flexibility index (Phi) is 34.9. The van der Waals surface area contributed by atoms with Gasteiger partial charge in [0.05, 0.1) is 107 Å². The van der Waals surface area contributed by atoms with E-state index in [-0.39, 0.29) is 90.6 Å². The van der Waals surface area contributed by atoms with Crippen LogP contribution in [0.1, 0.15) is 233 Å². The van der Waals surface area contributed by atoms with Gasteiger partial charge in [-0.3, -0.25) is 0 Å². The molecule has 0 radical (unpaired) electrons. The summed E-state index contributed by atoms with van der Waals surface area (Å²) in [5.41, 5.74) is 7.05. The van der Waals surface area contributed by atoms with Gasteiger partial charge < -0.3 is 121 Å². The number of benzene rings is 7. The van der Waals surface area contributed by atoms with Crippen molar-refractivity contribution in [1.82, 2.24) is 24.5 Å². The number of methoxy groups -OCH3 is 10. The van der Waals surface area contributed by atoms with Gasteiger partial charge in [-0.1, -0.05) is 113 Å². The monoisotopic (exact) mass is 2050 g/mol. The first-order valence-electron chi connectivity index (χ1n) is 53.1. The molecule has 19 rings (SSSR count). The third kappa shape index (κ3) is 23.4. The van der Waals surface area contributed by atoms with Gasteiger partial charge >= 0.3 is 30.5 Å². The molecule has 12 aliphatic rings. The lowest BCUT2D eigenvalue weighted by molar-refractivity contribution is -0.0469. The molecule has 0 spiro atoms. The van der Waals surface area contributed by atoms with Crippen LogP contribution in [0.2, 0.25) is 0 Å². The number of hydrogen-bond acceptors (Lipinski definition) is 25. The molecule has 5 aliphatic heterocycles. The van der Waals surface area contributed by atoms with Crippen LogP contribution in [0.4, 0.5) is 24.0 Å². The van der Waals surface area contributed by atoms with Crippen molar-refractivity contribution in [2.75, 3.05) is 137 Å². The van der Waals surface area contributed by atoms with E-state index in [1.807, 2.05) is 113 Å². The van der Waals surface area contributed by atoms with Crippen molar-refractivity contribution in [3.63, 3.8) is 0 Å². The number of carbonyl (C=O) groups excluding carboxylic acids is 5. The molecule has 30 nitrogen and oxygen atoms in total. The molecule has 7 aliphatic carbocycles. The van der Waals surface area contributed by atoms with Gasteiger partial charge in [0.2, 0.25) is 0 Å². The molecule has 0 aromatic heterocycles. The first-order chi connectivity index (χ1) is 70.6. The Morgan fingerprint density at radius 1 is 0.311 bits per heavy atom. The fourth-order valence-corrected chi connectivity index (χ4v) is 25.9. The van der Waals surface area contributed by atoms with Gasteiger partial charge in [0.25, 0.3) is 0 Å². The second-order valence-corrected chi connectivity index (χ2v) is 45.3. The first kappa shape index (κ1) is 111. The van der Waals surface area contributed by atoms with Crippen LogP contribution in [0.25, 0.3) is 0 Å². The molecule has 808 valence electrons. The van der Waals surface area contributed by atoms with Crippen LogP contribution in [0.3, 0.4) is 0 Å². The number of likely N-dealkylation sites (tertiary alicyclic amines) is 5. The number of nitrogens with zero attached hydrogens (tertiary/aromatic N) is 5. The van der Waals surface area contributed by atoms with Crippen LogP contribution in [-0.4, -0.2) is 278 Å². The molecular formula is C118H161N5O25. The van der Waals surface area contributed by atoms with Crippen molar-refractivity contribution in [2.24, 2.45) is 50.7 Å². The quantitative estimate of drug-likeness (QED) is 0.0332. The summed E-state index contributed by atoms with van der Waals surface area (Å²) < 4.78 is 84.4. The van der Waals surface area contributed by atoms with Crippen molar-refractivity contribution < 1.29 is 121 Å². The molecule has 4 bridgehead atoms. The maximum atomic E-state index is 12.2. The van der Waals surface area contributed by atoms with Crippen LogP contribution in [0.15, 0.2) is 140 Å². The highest BCUT2D eigenvalue weighted by Crippen LogP contribution is 2.57. The largest absolute Gasteiger partial charge is 0.493 e. The molecule has 10 fully saturated rings. The van der Waals surface area contributed by atoms with E-state index in [1.54, 1.807) is 102 Å². The van der Waals surface area contributed by atoms with E-state index in [9.17, 15) is 49.5 Å². The van der Waals surface area contributed by atoms with Gasteiger partial charge in [-0.05, 0) is 253 Å². The summed E-state index contributed by atoms with van der Waals surface area (Å²) >= 11 is 0. The summed E-state index contributed by atoms with van der Waals surface area (Å²) in [7, 11) is 15.2. The summed E-state index contributed by atoms with van der Waals surface area (Å²) in [5, 5.41) is 53.2. The summed E-state index contributed by atoms with van der Waals surface area (Å²) in [6.45, 7) is 25.6. The SMILES string of the molecule is COC(=O)N1C[C@@H](c2ccc(OC)c(OC3CC4CCC3C4)c2)[C@](C)([C@@H](C)O)C1.COC(=O)N1C[C@@H](c2ccc(OC)c(OC3CC4CCC3C4)c2)[C@](C)([C@H](C)O)C1.COC(=O)N1C[C@@H](c2ccc(OC)c(OC3CCCC3)c2)[C@](C)(C(C)(C)O)C1.COC(=O)N1C[C@@H](c2ccc(OC)c(OC3Cc4ccccc4C3)c2)[C@](C)([C@@H](C)O)C1.COC(=O)N1C[C@@H](c2ccc(OC)c(OC3Cc4ccccc4C3)c2)[C@](C)([C@H](C)O)C1. The fraction of sp³-hybridized carbons (Fsp3) is 0.602. The lowest BCUT2D eigenvalue weighted by atomic mass is 9.66. The summed E-state index contributed by atoms with van der Waals surface area (Å²) in [5.74, 6) is 9.93. The van der Waals surface area contributed by atoms with Gasteiger partial charge in [0, 0.05) is 148 Å². The molecule has 7 aromatic rings. The predicted octanol–water partition coefficient (Wildman–Crippen LogP) is 19.2. The van der Waals surface area contributed by atoms with Crippen molar-refractivity contribution in [3.05, 3.63) is 190 Å². The second kappa shape index (κ2) is 46.7. The second-order valence-electron chi connectivity index (χ2n) is 45.3. The van der Waals surface area contributed by atoms with Gasteiger partial charge in [-0.2, -0.15) is 0 Å². The van der Waals surface area contributed by atoms with E-state index in [4.69, 9.17) is 71.1 Å². The molecule has 5 saturated carbocycles. The van der Waals surface area contributed by atoms with Crippen LogP contribution < -0.4 is 47.4 Å². The molecule has 5 N–H and O–H groups in total. The number of aliphatic hydroxyl groups is 5. The fourth-order valence-electron chi connectivity index (χ4n) is 25.9. The third-order valence-corrected chi connectivity index (χ3v) is 36.1. The van der Waals surface area contributed by atoms with E-state index in [0.717, 1.165) is 120 Å². The Morgan fingerprint density at radius 2 is 0.554 bits per heavy atom.